The fraction of sp³-hybridized carbons (Fsp3) is 0.417. The van der Waals surface area contributed by atoms with Gasteiger partial charge in [-0.15, -0.1) is 0 Å². The maximum Gasteiger partial charge on any atom is 0.271 e. The molecule has 3 heterocycles. The lowest BCUT2D eigenvalue weighted by Crippen LogP contribution is -2.70. The van der Waals surface area contributed by atoms with Crippen molar-refractivity contribution < 1.29 is 19.4 Å². The van der Waals surface area contributed by atoms with Crippen molar-refractivity contribution in [2.45, 2.75) is 24.7 Å². The van der Waals surface area contributed by atoms with Crippen molar-refractivity contribution in [1.29, 1.82) is 0 Å². The molecule has 1 fully saturated rings. The Morgan fingerprint density at radius 3 is 2.81 bits per heavy atom. The molecule has 0 aromatic heterocycles. The minimum atomic E-state index is -0.829. The van der Waals surface area contributed by atoms with Gasteiger partial charge in [-0.1, -0.05) is 24.3 Å². The van der Waals surface area contributed by atoms with Crippen LogP contribution in [0.3, 0.4) is 0 Å². The summed E-state index contributed by atoms with van der Waals surface area (Å²) in [7, 11) is 1.93. The SMILES string of the molecule is CN1CC2(C1)Oc1ccc(C(=O)NC[C@H](O)CN3CCc4ccccc4C3)cc1NC2=O. The number of carbonyl (C=O) groups is 2. The average Bonchev–Trinajstić information content (AvgIpc) is 2.76. The van der Waals surface area contributed by atoms with Crippen LogP contribution in [-0.4, -0.2) is 78.2 Å². The van der Waals surface area contributed by atoms with Gasteiger partial charge < -0.3 is 20.5 Å². The predicted molar refractivity (Wildman–Crippen MR) is 120 cm³/mol. The Hall–Kier alpha value is -2.94. The van der Waals surface area contributed by atoms with Gasteiger partial charge in [0, 0.05) is 44.8 Å². The van der Waals surface area contributed by atoms with E-state index in [4.69, 9.17) is 4.74 Å². The summed E-state index contributed by atoms with van der Waals surface area (Å²) in [6, 6.07) is 13.4. The number of rotatable bonds is 5. The summed E-state index contributed by atoms with van der Waals surface area (Å²) >= 11 is 0. The van der Waals surface area contributed by atoms with Gasteiger partial charge in [0.15, 0.2) is 0 Å². The van der Waals surface area contributed by atoms with Crippen molar-refractivity contribution >= 4 is 17.5 Å². The molecule has 0 bridgehead atoms. The van der Waals surface area contributed by atoms with Crippen LogP contribution in [0.2, 0.25) is 0 Å². The molecular formula is C24H28N4O4. The average molecular weight is 437 g/mol. The summed E-state index contributed by atoms with van der Waals surface area (Å²) in [6.45, 7) is 3.44. The van der Waals surface area contributed by atoms with Gasteiger partial charge in [0.2, 0.25) is 5.60 Å². The summed E-state index contributed by atoms with van der Waals surface area (Å²) in [5, 5.41) is 16.1. The Morgan fingerprint density at radius 1 is 1.25 bits per heavy atom. The number of benzene rings is 2. The van der Waals surface area contributed by atoms with E-state index in [9.17, 15) is 14.7 Å². The summed E-state index contributed by atoms with van der Waals surface area (Å²) in [6.07, 6.45) is 0.302. The molecule has 8 heteroatoms. The largest absolute Gasteiger partial charge is 0.472 e. The van der Waals surface area contributed by atoms with E-state index in [0.29, 0.717) is 36.6 Å². The number of ether oxygens (including phenoxy) is 1. The van der Waals surface area contributed by atoms with Crippen LogP contribution >= 0.6 is 0 Å². The lowest BCUT2D eigenvalue weighted by atomic mass is 9.91. The smallest absolute Gasteiger partial charge is 0.271 e. The predicted octanol–water partition coefficient (Wildman–Crippen LogP) is 0.851. The first-order valence-electron chi connectivity index (χ1n) is 11.0. The number of amides is 2. The van der Waals surface area contributed by atoms with Gasteiger partial charge in [-0.05, 0) is 42.8 Å². The number of aliphatic hydroxyl groups is 1. The molecular weight excluding hydrogens is 408 g/mol. The van der Waals surface area contributed by atoms with E-state index in [2.05, 4.69) is 33.7 Å². The summed E-state index contributed by atoms with van der Waals surface area (Å²) in [5.41, 5.74) is 2.74. The van der Waals surface area contributed by atoms with Crippen molar-refractivity contribution in [3.63, 3.8) is 0 Å². The van der Waals surface area contributed by atoms with E-state index < -0.39 is 11.7 Å². The molecule has 1 saturated heterocycles. The van der Waals surface area contributed by atoms with Crippen molar-refractivity contribution in [3.05, 3.63) is 59.2 Å². The highest BCUT2D eigenvalue weighted by atomic mass is 16.5. The summed E-state index contributed by atoms with van der Waals surface area (Å²) in [5.74, 6) is 0.0904. The molecule has 2 amide bonds. The highest BCUT2D eigenvalue weighted by Gasteiger charge is 2.52. The maximum absolute atomic E-state index is 12.6. The van der Waals surface area contributed by atoms with Gasteiger partial charge in [-0.3, -0.25) is 19.4 Å². The van der Waals surface area contributed by atoms with Crippen molar-refractivity contribution in [1.82, 2.24) is 15.1 Å². The molecule has 1 atom stereocenters. The van der Waals surface area contributed by atoms with Crippen molar-refractivity contribution in [2.75, 3.05) is 45.1 Å². The second-order valence-electron chi connectivity index (χ2n) is 9.05. The second kappa shape index (κ2) is 8.20. The number of β-amino-alcohol motifs (C(OH)–C–C–N with tert-alkyl or cyclic N) is 1. The third-order valence-electron chi connectivity index (χ3n) is 6.44. The zero-order valence-electron chi connectivity index (χ0n) is 18.1. The first kappa shape index (κ1) is 20.9. The maximum atomic E-state index is 12.6. The Morgan fingerprint density at radius 2 is 2.03 bits per heavy atom. The molecule has 0 saturated carbocycles. The van der Waals surface area contributed by atoms with Crippen LogP contribution < -0.4 is 15.4 Å². The van der Waals surface area contributed by atoms with Crippen LogP contribution in [0.4, 0.5) is 5.69 Å². The molecule has 32 heavy (non-hydrogen) atoms. The van der Waals surface area contributed by atoms with Gasteiger partial charge >= 0.3 is 0 Å². The Kier molecular flexibility index (Phi) is 5.36. The number of aliphatic hydroxyl groups excluding tert-OH is 1. The van der Waals surface area contributed by atoms with Crippen LogP contribution in [0.5, 0.6) is 5.75 Å². The number of nitrogens with zero attached hydrogens (tertiary/aromatic N) is 2. The molecule has 3 aliphatic heterocycles. The number of anilines is 1. The van der Waals surface area contributed by atoms with E-state index in [-0.39, 0.29) is 18.4 Å². The Bertz CT molecular complexity index is 1050. The van der Waals surface area contributed by atoms with Gasteiger partial charge in [-0.25, -0.2) is 0 Å². The number of fused-ring (bicyclic) bond motifs is 2. The monoisotopic (exact) mass is 436 g/mol. The Labute approximate surface area is 187 Å². The van der Waals surface area contributed by atoms with Gasteiger partial charge in [0.25, 0.3) is 11.8 Å². The van der Waals surface area contributed by atoms with Crippen molar-refractivity contribution in [3.8, 4) is 5.75 Å². The van der Waals surface area contributed by atoms with E-state index in [1.165, 1.54) is 11.1 Å². The van der Waals surface area contributed by atoms with Crippen LogP contribution in [0.25, 0.3) is 0 Å². The number of hydrogen-bond donors (Lipinski definition) is 3. The fourth-order valence-electron chi connectivity index (χ4n) is 4.77. The lowest BCUT2D eigenvalue weighted by Gasteiger charge is -2.48. The zero-order valence-corrected chi connectivity index (χ0v) is 18.1. The molecule has 3 aliphatic rings. The highest BCUT2D eigenvalue weighted by molar-refractivity contribution is 6.03. The van der Waals surface area contributed by atoms with E-state index in [1.807, 2.05) is 18.0 Å². The lowest BCUT2D eigenvalue weighted by molar-refractivity contribution is -0.147. The Balaban J connectivity index is 1.15. The molecule has 1 spiro atoms. The van der Waals surface area contributed by atoms with Crippen LogP contribution in [-0.2, 0) is 17.8 Å². The number of carbonyl (C=O) groups excluding carboxylic acids is 2. The van der Waals surface area contributed by atoms with E-state index >= 15 is 0 Å². The first-order chi connectivity index (χ1) is 15.4. The number of hydrogen-bond acceptors (Lipinski definition) is 6. The number of likely N-dealkylation sites (tertiary alicyclic amines) is 1. The molecule has 2 aromatic carbocycles. The molecule has 2 aromatic rings. The quantitative estimate of drug-likeness (QED) is 0.644. The van der Waals surface area contributed by atoms with Gasteiger partial charge in [-0.2, -0.15) is 0 Å². The molecule has 0 aliphatic carbocycles. The fourth-order valence-corrected chi connectivity index (χ4v) is 4.77. The minimum absolute atomic E-state index is 0.159. The summed E-state index contributed by atoms with van der Waals surface area (Å²) < 4.78 is 5.95. The third kappa shape index (κ3) is 3.97. The normalized spacial score (nSPS) is 20.4. The zero-order chi connectivity index (χ0) is 22.3. The van der Waals surface area contributed by atoms with E-state index in [0.717, 1.165) is 19.5 Å². The van der Waals surface area contributed by atoms with E-state index in [1.54, 1.807) is 18.2 Å². The van der Waals surface area contributed by atoms with Crippen LogP contribution in [0.15, 0.2) is 42.5 Å². The van der Waals surface area contributed by atoms with Crippen molar-refractivity contribution in [2.24, 2.45) is 0 Å². The van der Waals surface area contributed by atoms with Gasteiger partial charge in [0.05, 0.1) is 11.8 Å². The molecule has 3 N–H and O–H groups in total. The second-order valence-corrected chi connectivity index (χ2v) is 9.05. The van der Waals surface area contributed by atoms with Crippen LogP contribution in [0.1, 0.15) is 21.5 Å². The molecule has 168 valence electrons. The molecule has 0 unspecified atom stereocenters. The standard InChI is InChI=1S/C24H28N4O4/c1-27-14-24(15-27)23(31)26-20-10-17(6-7-21(20)32-24)22(30)25-11-19(29)13-28-9-8-16-4-2-3-5-18(16)12-28/h2-7,10,19,29H,8-9,11-15H2,1H3,(H,25,30)(H,26,31)/t19-/m0/s1. The van der Waals surface area contributed by atoms with Gasteiger partial charge in [0.1, 0.15) is 5.75 Å². The first-order valence-corrected chi connectivity index (χ1v) is 11.0. The van der Waals surface area contributed by atoms with Crippen LogP contribution in [0, 0.1) is 0 Å². The topological polar surface area (TPSA) is 94.1 Å². The third-order valence-corrected chi connectivity index (χ3v) is 6.44. The minimum Gasteiger partial charge on any atom is -0.472 e. The number of nitrogens with one attached hydrogen (secondary N) is 2. The number of likely N-dealkylation sites (N-methyl/N-ethyl adjacent to an activating group) is 1. The highest BCUT2D eigenvalue weighted by Crippen LogP contribution is 2.38. The molecule has 0 radical (unpaired) electrons. The molecule has 5 rings (SSSR count). The summed E-state index contributed by atoms with van der Waals surface area (Å²) in [4.78, 5) is 29.3. The molecule has 8 nitrogen and oxygen atoms in total.